The molecule has 6 heteroatoms. The second-order valence-electron chi connectivity index (χ2n) is 12.4. The van der Waals surface area contributed by atoms with E-state index < -0.39 is 0 Å². The lowest BCUT2D eigenvalue weighted by Gasteiger charge is -2.35. The molecule has 0 bridgehead atoms. The Morgan fingerprint density at radius 1 is 0.420 bits per heavy atom. The minimum atomic E-state index is -0.137. The third kappa shape index (κ3) is 4.96. The first-order valence-electron chi connectivity index (χ1n) is 16.4. The van der Waals surface area contributed by atoms with E-state index in [1.165, 1.54) is 0 Å². The Hall–Kier alpha value is -7.02. The van der Waals surface area contributed by atoms with Crippen LogP contribution in [0.5, 0.6) is 23.0 Å². The molecule has 2 aliphatic rings. The molecule has 2 aliphatic heterocycles. The second-order valence-corrected chi connectivity index (χ2v) is 12.4. The zero-order valence-corrected chi connectivity index (χ0v) is 26.7. The maximum Gasteiger partial charge on any atom is 0.260 e. The molecule has 50 heavy (non-hydrogen) atoms. The van der Waals surface area contributed by atoms with E-state index in [2.05, 4.69) is 89.8 Å². The van der Waals surface area contributed by atoms with Crippen molar-refractivity contribution in [2.45, 2.75) is 0 Å². The van der Waals surface area contributed by atoms with Crippen LogP contribution in [0.25, 0.3) is 22.3 Å². The summed E-state index contributed by atoms with van der Waals surface area (Å²) in [5, 5.41) is 19.1. The first-order chi connectivity index (χ1) is 24.7. The number of para-hydroxylation sites is 2. The topological polar surface area (TPSA) is 69.3 Å². The van der Waals surface area contributed by atoms with E-state index in [4.69, 9.17) is 9.47 Å². The highest BCUT2D eigenvalue weighted by Crippen LogP contribution is 2.43. The van der Waals surface area contributed by atoms with Gasteiger partial charge in [-0.15, -0.1) is 0 Å². The summed E-state index contributed by atoms with van der Waals surface area (Å²) in [6, 6.07) is 57.1. The van der Waals surface area contributed by atoms with Gasteiger partial charge >= 0.3 is 0 Å². The lowest BCUT2D eigenvalue weighted by atomic mass is 9.34. The molecule has 2 heterocycles. The molecule has 7 aromatic rings. The zero-order valence-electron chi connectivity index (χ0n) is 26.7. The zero-order chi connectivity index (χ0) is 33.6. The average molecular weight is 640 g/mol. The lowest BCUT2D eigenvalue weighted by molar-refractivity contribution is 0.465. The van der Waals surface area contributed by atoms with Crippen LogP contribution in [-0.4, -0.2) is 6.71 Å². The van der Waals surface area contributed by atoms with Crippen LogP contribution in [-0.2, 0) is 0 Å². The van der Waals surface area contributed by atoms with Gasteiger partial charge in [-0.3, -0.25) is 0 Å². The predicted octanol–water partition coefficient (Wildman–Crippen LogP) is 8.96. The largest absolute Gasteiger partial charge is 0.458 e. The molecular weight excluding hydrogens is 613 g/mol. The summed E-state index contributed by atoms with van der Waals surface area (Å²) in [6.07, 6.45) is 0. The Kier molecular flexibility index (Phi) is 6.94. The maximum atomic E-state index is 9.55. The second kappa shape index (κ2) is 11.9. The van der Waals surface area contributed by atoms with Gasteiger partial charge in [-0.1, -0.05) is 84.9 Å². The van der Waals surface area contributed by atoms with Gasteiger partial charge in [0.1, 0.15) is 23.0 Å². The number of fused-ring (bicyclic) bond motifs is 4. The van der Waals surface area contributed by atoms with Crippen LogP contribution >= 0.6 is 0 Å². The molecule has 0 fully saturated rings. The molecule has 0 spiro atoms. The first-order valence-corrected chi connectivity index (χ1v) is 16.4. The Bertz CT molecular complexity index is 2370. The third-order valence-corrected chi connectivity index (χ3v) is 9.40. The summed E-state index contributed by atoms with van der Waals surface area (Å²) in [7, 11) is 0. The number of rotatable bonds is 5. The van der Waals surface area contributed by atoms with E-state index in [-0.39, 0.29) is 6.71 Å². The molecular formula is C44H26BN3O2. The average Bonchev–Trinajstić information content (AvgIpc) is 3.18. The van der Waals surface area contributed by atoms with Gasteiger partial charge in [0.15, 0.2) is 0 Å². The van der Waals surface area contributed by atoms with Crippen LogP contribution in [0.3, 0.4) is 0 Å². The van der Waals surface area contributed by atoms with E-state index in [9.17, 15) is 10.5 Å². The number of nitriles is 2. The fourth-order valence-corrected chi connectivity index (χ4v) is 7.10. The van der Waals surface area contributed by atoms with Gasteiger partial charge in [0.2, 0.25) is 0 Å². The third-order valence-electron chi connectivity index (χ3n) is 9.40. The molecule has 232 valence electrons. The number of ether oxygens (including phenoxy) is 2. The number of benzene rings is 7. The highest BCUT2D eigenvalue weighted by molar-refractivity contribution is 6.98. The van der Waals surface area contributed by atoms with Crippen molar-refractivity contribution >= 4 is 40.2 Å². The molecule has 0 radical (unpaired) electrons. The molecule has 0 aromatic heterocycles. The van der Waals surface area contributed by atoms with Crippen molar-refractivity contribution in [1.82, 2.24) is 0 Å². The molecule has 0 N–H and O–H groups in total. The smallest absolute Gasteiger partial charge is 0.260 e. The first kappa shape index (κ1) is 29.1. The van der Waals surface area contributed by atoms with Crippen LogP contribution in [0.15, 0.2) is 158 Å². The van der Waals surface area contributed by atoms with Gasteiger partial charge in [0.05, 0.1) is 29.0 Å². The summed E-state index contributed by atoms with van der Waals surface area (Å²) in [5.41, 5.74) is 11.0. The van der Waals surface area contributed by atoms with Crippen molar-refractivity contribution in [3.63, 3.8) is 0 Å². The van der Waals surface area contributed by atoms with E-state index in [1.807, 2.05) is 84.9 Å². The molecule has 9 rings (SSSR count). The number of anilines is 3. The molecule has 0 saturated heterocycles. The van der Waals surface area contributed by atoms with Crippen LogP contribution in [0.2, 0.25) is 0 Å². The van der Waals surface area contributed by atoms with Gasteiger partial charge in [-0.25, -0.2) is 0 Å². The van der Waals surface area contributed by atoms with Crippen LogP contribution in [0, 0.1) is 22.7 Å². The summed E-state index contributed by atoms with van der Waals surface area (Å²) < 4.78 is 13.7. The molecule has 0 aliphatic carbocycles. The highest BCUT2D eigenvalue weighted by atomic mass is 16.5. The van der Waals surface area contributed by atoms with Crippen LogP contribution < -0.4 is 30.8 Å². The van der Waals surface area contributed by atoms with E-state index in [1.54, 1.807) is 0 Å². The SMILES string of the molecule is N#Cc1cccc(-c2ccc3c(c2)Oc2cc(N(c4ccccc4)c4ccccc4)cc4c2B3c2ccc(-c3cccc(C#N)c3)cc2O4)c1. The Morgan fingerprint density at radius 3 is 1.34 bits per heavy atom. The highest BCUT2D eigenvalue weighted by Gasteiger charge is 2.41. The molecule has 5 nitrogen and oxygen atoms in total. The number of hydrogen-bond acceptors (Lipinski definition) is 5. The molecule has 0 amide bonds. The summed E-state index contributed by atoms with van der Waals surface area (Å²) in [4.78, 5) is 2.21. The van der Waals surface area contributed by atoms with Gasteiger partial charge in [-0.05, 0) is 93.8 Å². The Morgan fingerprint density at radius 2 is 0.880 bits per heavy atom. The van der Waals surface area contributed by atoms with E-state index in [0.29, 0.717) is 11.1 Å². The summed E-state index contributed by atoms with van der Waals surface area (Å²) in [6.45, 7) is -0.137. The lowest BCUT2D eigenvalue weighted by Crippen LogP contribution is -2.57. The maximum absolute atomic E-state index is 9.55. The quantitative estimate of drug-likeness (QED) is 0.176. The minimum absolute atomic E-state index is 0.137. The summed E-state index contributed by atoms with van der Waals surface area (Å²) >= 11 is 0. The van der Waals surface area contributed by atoms with Crippen LogP contribution in [0.1, 0.15) is 11.1 Å². The standard InChI is InChI=1S/C44H26BN3O2/c46-27-29-9-7-11-31(21-29)33-17-19-38-40(23-33)49-42-25-37(48(35-13-3-1-4-14-35)36-15-5-2-6-16-36)26-43-44(42)45(38)39-20-18-34(24-41(39)50-43)32-12-8-10-30(22-32)28-47/h1-26H. The normalized spacial score (nSPS) is 11.8. The van der Waals surface area contributed by atoms with Crippen molar-refractivity contribution < 1.29 is 9.47 Å². The van der Waals surface area contributed by atoms with Crippen molar-refractivity contribution in [3.8, 4) is 57.4 Å². The van der Waals surface area contributed by atoms with Crippen molar-refractivity contribution in [3.05, 3.63) is 169 Å². The van der Waals surface area contributed by atoms with E-state index in [0.717, 1.165) is 78.7 Å². The van der Waals surface area contributed by atoms with Gasteiger partial charge in [-0.2, -0.15) is 10.5 Å². The molecule has 0 atom stereocenters. The minimum Gasteiger partial charge on any atom is -0.458 e. The Labute approximate surface area is 290 Å². The van der Waals surface area contributed by atoms with Gasteiger partial charge in [0.25, 0.3) is 6.71 Å². The van der Waals surface area contributed by atoms with Gasteiger partial charge in [0, 0.05) is 29.0 Å². The molecule has 0 saturated carbocycles. The van der Waals surface area contributed by atoms with Crippen molar-refractivity contribution in [2.75, 3.05) is 4.90 Å². The predicted molar refractivity (Wildman–Crippen MR) is 199 cm³/mol. The monoisotopic (exact) mass is 639 g/mol. The molecule has 0 unspecified atom stereocenters. The van der Waals surface area contributed by atoms with E-state index >= 15 is 0 Å². The molecule has 7 aromatic carbocycles. The number of nitrogens with zero attached hydrogens (tertiary/aromatic N) is 3. The van der Waals surface area contributed by atoms with Gasteiger partial charge < -0.3 is 14.4 Å². The summed E-state index contributed by atoms with van der Waals surface area (Å²) in [5.74, 6) is 2.97. The number of hydrogen-bond donors (Lipinski definition) is 0. The van der Waals surface area contributed by atoms with Crippen LogP contribution in [0.4, 0.5) is 17.1 Å². The fourth-order valence-electron chi connectivity index (χ4n) is 7.10. The Balaban J connectivity index is 1.24. The van der Waals surface area contributed by atoms with Crippen molar-refractivity contribution in [2.24, 2.45) is 0 Å². The van der Waals surface area contributed by atoms with Crippen molar-refractivity contribution in [1.29, 1.82) is 10.5 Å². The fraction of sp³-hybridized carbons (Fsp3) is 0.